The molecule has 6 nitrogen and oxygen atoms in total. The number of methoxy groups -OCH3 is 1. The van der Waals surface area contributed by atoms with E-state index in [1.165, 1.54) is 13.2 Å². The molecule has 0 aliphatic carbocycles. The van der Waals surface area contributed by atoms with Crippen LogP contribution >= 0.6 is 0 Å². The number of para-hydroxylation sites is 1. The molecular weight excluding hydrogens is 387 g/mol. The summed E-state index contributed by atoms with van der Waals surface area (Å²) in [6, 6.07) is 17.6. The Bertz CT molecular complexity index is 1130. The van der Waals surface area contributed by atoms with Gasteiger partial charge in [-0.2, -0.15) is 0 Å². The van der Waals surface area contributed by atoms with Crippen LogP contribution in [0.3, 0.4) is 0 Å². The molecule has 0 saturated carbocycles. The number of fused-ring (bicyclic) bond motifs is 2. The first-order valence-corrected chi connectivity index (χ1v) is 9.52. The van der Waals surface area contributed by atoms with Crippen LogP contribution in [0.2, 0.25) is 0 Å². The summed E-state index contributed by atoms with van der Waals surface area (Å²) in [5.74, 6) is 0.872. The Balaban J connectivity index is 1.54. The van der Waals surface area contributed by atoms with Crippen LogP contribution in [0.5, 0.6) is 17.2 Å². The second-order valence-electron chi connectivity index (χ2n) is 7.11. The molecule has 2 heterocycles. The lowest BCUT2D eigenvalue weighted by Gasteiger charge is -2.38. The maximum Gasteiger partial charge on any atom is 0.258 e. The third-order valence-corrected chi connectivity index (χ3v) is 5.30. The molecule has 3 aromatic rings. The summed E-state index contributed by atoms with van der Waals surface area (Å²) in [6.07, 6.45) is -0.543. The summed E-state index contributed by atoms with van der Waals surface area (Å²) in [7, 11) is 1.42. The molecule has 0 aromatic heterocycles. The van der Waals surface area contributed by atoms with Crippen LogP contribution < -0.4 is 19.5 Å². The molecule has 3 aromatic carbocycles. The van der Waals surface area contributed by atoms with Crippen LogP contribution in [0.25, 0.3) is 0 Å². The predicted molar refractivity (Wildman–Crippen MR) is 108 cm³/mol. The number of nitrogens with one attached hydrogen (secondary N) is 1. The van der Waals surface area contributed by atoms with Crippen molar-refractivity contribution in [3.05, 3.63) is 83.2 Å². The van der Waals surface area contributed by atoms with Crippen LogP contribution in [-0.4, -0.2) is 24.7 Å². The van der Waals surface area contributed by atoms with E-state index >= 15 is 0 Å². The second kappa shape index (κ2) is 7.26. The highest BCUT2D eigenvalue weighted by atomic mass is 19.1. The second-order valence-corrected chi connectivity index (χ2v) is 7.11. The first-order valence-electron chi connectivity index (χ1n) is 9.52. The summed E-state index contributed by atoms with van der Waals surface area (Å²) < 4.78 is 30.3. The molecule has 7 heteroatoms. The van der Waals surface area contributed by atoms with E-state index in [0.717, 1.165) is 5.56 Å². The molecule has 0 fully saturated rings. The summed E-state index contributed by atoms with van der Waals surface area (Å²) in [4.78, 5) is 15.0. The highest BCUT2D eigenvalue weighted by molar-refractivity contribution is 6.01. The van der Waals surface area contributed by atoms with Crippen molar-refractivity contribution in [3.63, 3.8) is 0 Å². The summed E-state index contributed by atoms with van der Waals surface area (Å²) >= 11 is 0. The minimum atomic E-state index is -0.543. The first kappa shape index (κ1) is 18.3. The van der Waals surface area contributed by atoms with Gasteiger partial charge in [0, 0.05) is 12.2 Å². The highest BCUT2D eigenvalue weighted by Gasteiger charge is 2.33. The van der Waals surface area contributed by atoms with Gasteiger partial charge in [-0.3, -0.25) is 4.79 Å². The molecule has 0 saturated heterocycles. The third kappa shape index (κ3) is 3.08. The molecule has 152 valence electrons. The van der Waals surface area contributed by atoms with Gasteiger partial charge in [0.2, 0.25) is 6.79 Å². The number of ether oxygens (including phenoxy) is 3. The lowest BCUT2D eigenvalue weighted by Crippen LogP contribution is -2.42. The summed E-state index contributed by atoms with van der Waals surface area (Å²) in [5, 5.41) is 3.37. The SMILES string of the molecule is COc1ccc([C@H]2Nc3ccccc3C(=O)N2Cc2ccc3c(c2)OCO3)cc1F. The van der Waals surface area contributed by atoms with Crippen LogP contribution in [-0.2, 0) is 6.54 Å². The first-order chi connectivity index (χ1) is 14.6. The summed E-state index contributed by atoms with van der Waals surface area (Å²) in [5.41, 5.74) is 2.79. The van der Waals surface area contributed by atoms with Crippen molar-refractivity contribution in [2.45, 2.75) is 12.7 Å². The number of nitrogens with zero attached hydrogens (tertiary/aromatic N) is 1. The molecule has 1 atom stereocenters. The Kier molecular flexibility index (Phi) is 4.43. The van der Waals surface area contributed by atoms with E-state index in [1.54, 1.807) is 23.1 Å². The zero-order valence-corrected chi connectivity index (χ0v) is 16.2. The van der Waals surface area contributed by atoms with Crippen LogP contribution in [0.1, 0.15) is 27.7 Å². The minimum Gasteiger partial charge on any atom is -0.494 e. The maximum absolute atomic E-state index is 14.4. The third-order valence-electron chi connectivity index (χ3n) is 5.30. The van der Waals surface area contributed by atoms with Crippen molar-refractivity contribution in [2.24, 2.45) is 0 Å². The Hall–Kier alpha value is -3.74. The van der Waals surface area contributed by atoms with Gasteiger partial charge in [0.1, 0.15) is 6.17 Å². The molecule has 1 N–H and O–H groups in total. The fraction of sp³-hybridized carbons (Fsp3) is 0.174. The minimum absolute atomic E-state index is 0.136. The standard InChI is InChI=1S/C23H19FN2O4/c1-28-19-9-7-15(11-17(19)24)22-25-18-5-3-2-4-16(18)23(27)26(22)12-14-6-8-20-21(10-14)30-13-29-20/h2-11,22,25H,12-13H2,1H3/t22-/m0/s1. The molecule has 0 spiro atoms. The van der Waals surface area contributed by atoms with Gasteiger partial charge >= 0.3 is 0 Å². The lowest BCUT2D eigenvalue weighted by atomic mass is 10.0. The van der Waals surface area contributed by atoms with Gasteiger partial charge in [0.15, 0.2) is 23.1 Å². The molecule has 30 heavy (non-hydrogen) atoms. The number of rotatable bonds is 4. The quantitative estimate of drug-likeness (QED) is 0.699. The van der Waals surface area contributed by atoms with Crippen molar-refractivity contribution >= 4 is 11.6 Å². The predicted octanol–water partition coefficient (Wildman–Crippen LogP) is 4.33. The topological polar surface area (TPSA) is 60.0 Å². The molecule has 1 amide bonds. The van der Waals surface area contributed by atoms with E-state index in [4.69, 9.17) is 14.2 Å². The van der Waals surface area contributed by atoms with E-state index in [0.29, 0.717) is 34.9 Å². The highest BCUT2D eigenvalue weighted by Crippen LogP contribution is 2.37. The number of amides is 1. The van der Waals surface area contributed by atoms with E-state index in [9.17, 15) is 9.18 Å². The molecule has 0 unspecified atom stereocenters. The molecule has 0 radical (unpaired) electrons. The monoisotopic (exact) mass is 406 g/mol. The lowest BCUT2D eigenvalue weighted by molar-refractivity contribution is 0.0666. The van der Waals surface area contributed by atoms with Crippen LogP contribution in [0.4, 0.5) is 10.1 Å². The smallest absolute Gasteiger partial charge is 0.258 e. The Morgan fingerprint density at radius 2 is 1.93 bits per heavy atom. The van der Waals surface area contributed by atoms with Gasteiger partial charge in [-0.15, -0.1) is 0 Å². The number of carbonyl (C=O) groups excluding carboxylic acids is 1. The van der Waals surface area contributed by atoms with E-state index in [-0.39, 0.29) is 18.4 Å². The van der Waals surface area contributed by atoms with Gasteiger partial charge < -0.3 is 24.4 Å². The number of anilines is 1. The Labute approximate surface area is 172 Å². The number of hydrogen-bond acceptors (Lipinski definition) is 5. The Morgan fingerprint density at radius 1 is 1.10 bits per heavy atom. The van der Waals surface area contributed by atoms with Crippen molar-refractivity contribution in [1.29, 1.82) is 0 Å². The van der Waals surface area contributed by atoms with Crippen molar-refractivity contribution in [2.75, 3.05) is 19.2 Å². The number of halogens is 1. The maximum atomic E-state index is 14.4. The van der Waals surface area contributed by atoms with Crippen molar-refractivity contribution < 1.29 is 23.4 Å². The average molecular weight is 406 g/mol. The molecule has 2 aliphatic rings. The molecule has 0 bridgehead atoms. The average Bonchev–Trinajstić information content (AvgIpc) is 3.23. The molecular formula is C23H19FN2O4. The van der Waals surface area contributed by atoms with Crippen LogP contribution in [0.15, 0.2) is 60.7 Å². The van der Waals surface area contributed by atoms with Crippen molar-refractivity contribution in [1.82, 2.24) is 4.90 Å². The van der Waals surface area contributed by atoms with Gasteiger partial charge in [-0.05, 0) is 47.5 Å². The zero-order valence-electron chi connectivity index (χ0n) is 16.2. The van der Waals surface area contributed by atoms with E-state index in [2.05, 4.69) is 5.32 Å². The van der Waals surface area contributed by atoms with Gasteiger partial charge in [0.05, 0.1) is 12.7 Å². The molecule has 2 aliphatic heterocycles. The Morgan fingerprint density at radius 3 is 2.77 bits per heavy atom. The normalized spacial score (nSPS) is 16.8. The zero-order chi connectivity index (χ0) is 20.7. The fourth-order valence-electron chi connectivity index (χ4n) is 3.81. The van der Waals surface area contributed by atoms with Crippen molar-refractivity contribution in [3.8, 4) is 17.2 Å². The van der Waals surface area contributed by atoms with E-state index in [1.807, 2.05) is 36.4 Å². The van der Waals surface area contributed by atoms with Gasteiger partial charge in [-0.25, -0.2) is 4.39 Å². The van der Waals surface area contributed by atoms with Gasteiger partial charge in [-0.1, -0.05) is 24.3 Å². The summed E-state index contributed by atoms with van der Waals surface area (Å²) in [6.45, 7) is 0.499. The largest absolute Gasteiger partial charge is 0.494 e. The molecule has 5 rings (SSSR count). The number of carbonyl (C=O) groups is 1. The number of hydrogen-bond donors (Lipinski definition) is 1. The van der Waals surface area contributed by atoms with Crippen LogP contribution in [0, 0.1) is 5.82 Å². The number of benzene rings is 3. The van der Waals surface area contributed by atoms with E-state index < -0.39 is 12.0 Å². The fourth-order valence-corrected chi connectivity index (χ4v) is 3.81. The van der Waals surface area contributed by atoms with Gasteiger partial charge in [0.25, 0.3) is 5.91 Å².